The van der Waals surface area contributed by atoms with E-state index in [9.17, 15) is 9.90 Å². The van der Waals surface area contributed by atoms with E-state index in [0.29, 0.717) is 19.5 Å². The van der Waals surface area contributed by atoms with Gasteiger partial charge in [0.1, 0.15) is 11.8 Å². The molecule has 0 spiro atoms. The molecule has 1 N–H and O–H groups in total. The fraction of sp³-hybridized carbons (Fsp3) is 0.333. The number of hydrogen-bond acceptors (Lipinski definition) is 4. The Labute approximate surface area is 116 Å². The molecule has 1 aliphatic heterocycles. The Hall–Kier alpha value is -2.14. The Balaban J connectivity index is 1.86. The van der Waals surface area contributed by atoms with Crippen molar-refractivity contribution < 1.29 is 14.4 Å². The summed E-state index contributed by atoms with van der Waals surface area (Å²) in [4.78, 5) is 13.4. The monoisotopic (exact) mass is 272 g/mol. The van der Waals surface area contributed by atoms with Crippen LogP contribution in [-0.4, -0.2) is 27.2 Å². The molecule has 0 amide bonds. The first-order valence-electron chi connectivity index (χ1n) is 6.59. The zero-order valence-electron chi connectivity index (χ0n) is 11.2. The standard InChI is InChI=1S/C15H16N2O3/c1-10-6-13(16-20-10)9-17-8-12-5-3-2-4-11(12)7-14(17)15(18)19/h2-6,14H,7-9H2,1H3,(H,18,19)/t14-/m0/s1. The van der Waals surface area contributed by atoms with Crippen LogP contribution in [0, 0.1) is 6.92 Å². The average molecular weight is 272 g/mol. The van der Waals surface area contributed by atoms with E-state index >= 15 is 0 Å². The topological polar surface area (TPSA) is 66.6 Å². The van der Waals surface area contributed by atoms with E-state index in [0.717, 1.165) is 17.0 Å². The fourth-order valence-corrected chi connectivity index (χ4v) is 2.69. The molecule has 2 heterocycles. The van der Waals surface area contributed by atoms with Crippen molar-refractivity contribution in [3.8, 4) is 0 Å². The summed E-state index contributed by atoms with van der Waals surface area (Å²) in [5.41, 5.74) is 3.07. The predicted octanol–water partition coefficient (Wildman–Crippen LogP) is 1.99. The molecule has 1 atom stereocenters. The third-order valence-electron chi connectivity index (χ3n) is 3.67. The van der Waals surface area contributed by atoms with Crippen LogP contribution in [-0.2, 0) is 24.3 Å². The molecule has 0 radical (unpaired) electrons. The van der Waals surface area contributed by atoms with E-state index in [1.807, 2.05) is 36.1 Å². The van der Waals surface area contributed by atoms with Crippen molar-refractivity contribution >= 4 is 5.97 Å². The third-order valence-corrected chi connectivity index (χ3v) is 3.67. The van der Waals surface area contributed by atoms with Gasteiger partial charge in [-0.05, 0) is 24.5 Å². The van der Waals surface area contributed by atoms with E-state index in [2.05, 4.69) is 11.2 Å². The van der Waals surface area contributed by atoms with Crippen molar-refractivity contribution in [1.82, 2.24) is 10.1 Å². The lowest BCUT2D eigenvalue weighted by molar-refractivity contribution is -0.144. The van der Waals surface area contributed by atoms with Gasteiger partial charge in [0.15, 0.2) is 0 Å². The van der Waals surface area contributed by atoms with E-state index in [4.69, 9.17) is 4.52 Å². The van der Waals surface area contributed by atoms with Crippen LogP contribution in [0.25, 0.3) is 0 Å². The van der Waals surface area contributed by atoms with Crippen LogP contribution in [0.5, 0.6) is 0 Å². The second kappa shape index (κ2) is 5.09. The van der Waals surface area contributed by atoms with Crippen molar-refractivity contribution in [3.63, 3.8) is 0 Å². The second-order valence-electron chi connectivity index (χ2n) is 5.16. The quantitative estimate of drug-likeness (QED) is 0.925. The van der Waals surface area contributed by atoms with Gasteiger partial charge in [-0.2, -0.15) is 0 Å². The van der Waals surface area contributed by atoms with E-state index in [1.165, 1.54) is 5.56 Å². The Kier molecular flexibility index (Phi) is 3.28. The highest BCUT2D eigenvalue weighted by molar-refractivity contribution is 5.74. The number of carbonyl (C=O) groups is 1. The van der Waals surface area contributed by atoms with Crippen molar-refractivity contribution in [2.45, 2.75) is 32.5 Å². The molecular formula is C15H16N2O3. The van der Waals surface area contributed by atoms with Gasteiger partial charge in [-0.25, -0.2) is 0 Å². The summed E-state index contributed by atoms with van der Waals surface area (Å²) in [5.74, 6) is -0.0518. The number of aliphatic carboxylic acids is 1. The molecule has 0 aliphatic carbocycles. The molecule has 0 saturated carbocycles. The molecule has 0 bridgehead atoms. The van der Waals surface area contributed by atoms with Crippen molar-refractivity contribution in [1.29, 1.82) is 0 Å². The molecule has 2 aromatic rings. The molecule has 3 rings (SSSR count). The van der Waals surface area contributed by atoms with Crippen LogP contribution in [0.15, 0.2) is 34.9 Å². The number of carboxylic acids is 1. The van der Waals surface area contributed by atoms with Gasteiger partial charge in [-0.15, -0.1) is 0 Å². The molecule has 1 aromatic heterocycles. The first-order chi connectivity index (χ1) is 9.63. The van der Waals surface area contributed by atoms with Crippen LogP contribution in [0.3, 0.4) is 0 Å². The average Bonchev–Trinajstić information content (AvgIpc) is 2.83. The van der Waals surface area contributed by atoms with Gasteiger partial charge < -0.3 is 9.63 Å². The minimum Gasteiger partial charge on any atom is -0.480 e. The number of hydrogen-bond donors (Lipinski definition) is 1. The smallest absolute Gasteiger partial charge is 0.321 e. The Morgan fingerprint density at radius 2 is 2.20 bits per heavy atom. The number of aryl methyl sites for hydroxylation is 1. The van der Waals surface area contributed by atoms with E-state index in [-0.39, 0.29) is 0 Å². The van der Waals surface area contributed by atoms with Gasteiger partial charge >= 0.3 is 5.97 Å². The number of benzene rings is 1. The first kappa shape index (κ1) is 12.9. The molecule has 1 aliphatic rings. The molecule has 104 valence electrons. The van der Waals surface area contributed by atoms with Gasteiger partial charge in [0.05, 0.1) is 5.69 Å². The highest BCUT2D eigenvalue weighted by Gasteiger charge is 2.31. The van der Waals surface area contributed by atoms with Gasteiger partial charge in [0, 0.05) is 19.2 Å². The minimum absolute atomic E-state index is 0.489. The zero-order valence-corrected chi connectivity index (χ0v) is 11.2. The minimum atomic E-state index is -0.792. The maximum atomic E-state index is 11.5. The van der Waals surface area contributed by atoms with Gasteiger partial charge in [0.2, 0.25) is 0 Å². The summed E-state index contributed by atoms with van der Waals surface area (Å²) in [7, 11) is 0. The summed E-state index contributed by atoms with van der Waals surface area (Å²) in [6.07, 6.45) is 0.530. The predicted molar refractivity (Wildman–Crippen MR) is 72.1 cm³/mol. The van der Waals surface area contributed by atoms with Crippen LogP contribution in [0.4, 0.5) is 0 Å². The molecule has 20 heavy (non-hydrogen) atoms. The number of rotatable bonds is 3. The third kappa shape index (κ3) is 2.44. The summed E-state index contributed by atoms with van der Waals surface area (Å²) in [6, 6.07) is 9.32. The van der Waals surface area contributed by atoms with Crippen LogP contribution < -0.4 is 0 Å². The normalized spacial score (nSPS) is 18.8. The summed E-state index contributed by atoms with van der Waals surface area (Å²) in [5, 5.41) is 13.4. The van der Waals surface area contributed by atoms with Crippen LogP contribution in [0.1, 0.15) is 22.6 Å². The van der Waals surface area contributed by atoms with E-state index < -0.39 is 12.0 Å². The molecule has 0 fully saturated rings. The SMILES string of the molecule is Cc1cc(CN2Cc3ccccc3C[C@H]2C(=O)O)no1. The summed E-state index contributed by atoms with van der Waals surface area (Å²) >= 11 is 0. The zero-order chi connectivity index (χ0) is 14.1. The van der Waals surface area contributed by atoms with Crippen LogP contribution in [0.2, 0.25) is 0 Å². The Morgan fingerprint density at radius 3 is 2.85 bits per heavy atom. The number of aromatic nitrogens is 1. The second-order valence-corrected chi connectivity index (χ2v) is 5.16. The highest BCUT2D eigenvalue weighted by Crippen LogP contribution is 2.25. The number of nitrogens with zero attached hydrogens (tertiary/aromatic N) is 2. The van der Waals surface area contributed by atoms with Crippen LogP contribution >= 0.6 is 0 Å². The largest absolute Gasteiger partial charge is 0.480 e. The molecule has 0 saturated heterocycles. The lowest BCUT2D eigenvalue weighted by atomic mass is 9.94. The molecule has 5 nitrogen and oxygen atoms in total. The van der Waals surface area contributed by atoms with Gasteiger partial charge in [0.25, 0.3) is 0 Å². The summed E-state index contributed by atoms with van der Waals surface area (Å²) in [6.45, 7) is 2.94. The van der Waals surface area contributed by atoms with E-state index in [1.54, 1.807) is 0 Å². The highest BCUT2D eigenvalue weighted by atomic mass is 16.5. The Morgan fingerprint density at radius 1 is 1.45 bits per heavy atom. The van der Waals surface area contributed by atoms with Gasteiger partial charge in [-0.3, -0.25) is 9.69 Å². The number of carboxylic acid groups (broad SMARTS) is 1. The molecule has 0 unspecified atom stereocenters. The van der Waals surface area contributed by atoms with Crippen molar-refractivity contribution in [2.75, 3.05) is 0 Å². The Bertz CT molecular complexity index is 636. The lowest BCUT2D eigenvalue weighted by Crippen LogP contribution is -2.45. The molecular weight excluding hydrogens is 256 g/mol. The van der Waals surface area contributed by atoms with Crippen molar-refractivity contribution in [3.05, 3.63) is 52.9 Å². The molecule has 5 heteroatoms. The fourth-order valence-electron chi connectivity index (χ4n) is 2.69. The number of fused-ring (bicyclic) bond motifs is 1. The molecule has 1 aromatic carbocycles. The maximum Gasteiger partial charge on any atom is 0.321 e. The summed E-state index contributed by atoms with van der Waals surface area (Å²) < 4.78 is 5.05. The van der Waals surface area contributed by atoms with Gasteiger partial charge in [-0.1, -0.05) is 29.4 Å². The first-order valence-corrected chi connectivity index (χ1v) is 6.59. The van der Waals surface area contributed by atoms with Crippen molar-refractivity contribution in [2.24, 2.45) is 0 Å². The lowest BCUT2D eigenvalue weighted by Gasteiger charge is -2.33. The maximum absolute atomic E-state index is 11.5.